The molecule has 2 amide bonds. The normalized spacial score (nSPS) is 12.4. The summed E-state index contributed by atoms with van der Waals surface area (Å²) in [7, 11) is 2.36. The van der Waals surface area contributed by atoms with Crippen molar-refractivity contribution in [1.29, 1.82) is 0 Å². The van der Waals surface area contributed by atoms with Crippen molar-refractivity contribution in [1.82, 2.24) is 10.6 Å². The predicted octanol–water partition coefficient (Wildman–Crippen LogP) is 0.484. The Labute approximate surface area is 156 Å². The maximum Gasteiger partial charge on any atom is 0.328 e. The molecule has 2 N–H and O–H groups in total. The highest BCUT2D eigenvalue weighted by atomic mass is 19.1. The molecule has 148 valence electrons. The molecule has 0 aliphatic rings. The Kier molecular flexibility index (Phi) is 8.91. The van der Waals surface area contributed by atoms with Gasteiger partial charge in [0.15, 0.2) is 0 Å². The van der Waals surface area contributed by atoms with Crippen molar-refractivity contribution >= 4 is 23.8 Å². The SMILES string of the molecule is COC(=O)CC[C@@H](NC(=O)[C@@H](Cc1cccc(F)c1)NC(C)=O)C(=O)OC. The first-order valence-electron chi connectivity index (χ1n) is 8.23. The Morgan fingerprint density at radius 3 is 2.33 bits per heavy atom. The van der Waals surface area contributed by atoms with E-state index in [9.17, 15) is 23.6 Å². The Balaban J connectivity index is 2.88. The van der Waals surface area contributed by atoms with E-state index >= 15 is 0 Å². The zero-order valence-corrected chi connectivity index (χ0v) is 15.4. The fourth-order valence-electron chi connectivity index (χ4n) is 2.38. The van der Waals surface area contributed by atoms with Crippen LogP contribution >= 0.6 is 0 Å². The molecule has 0 radical (unpaired) electrons. The third kappa shape index (κ3) is 7.85. The number of hydrogen-bond acceptors (Lipinski definition) is 6. The molecule has 1 aromatic carbocycles. The van der Waals surface area contributed by atoms with Crippen molar-refractivity contribution in [3.63, 3.8) is 0 Å². The van der Waals surface area contributed by atoms with Crippen LogP contribution in [0.4, 0.5) is 4.39 Å². The lowest BCUT2D eigenvalue weighted by Gasteiger charge is -2.22. The number of hydrogen-bond donors (Lipinski definition) is 2. The van der Waals surface area contributed by atoms with Gasteiger partial charge in [0, 0.05) is 19.8 Å². The first kappa shape index (κ1) is 22.1. The van der Waals surface area contributed by atoms with E-state index in [2.05, 4.69) is 20.1 Å². The molecular weight excluding hydrogens is 359 g/mol. The number of halogens is 1. The maximum atomic E-state index is 13.4. The zero-order valence-electron chi connectivity index (χ0n) is 15.4. The average molecular weight is 382 g/mol. The first-order chi connectivity index (χ1) is 12.8. The molecule has 0 fully saturated rings. The predicted molar refractivity (Wildman–Crippen MR) is 92.9 cm³/mol. The Bertz CT molecular complexity index is 694. The second-order valence-electron chi connectivity index (χ2n) is 5.79. The van der Waals surface area contributed by atoms with Gasteiger partial charge in [-0.25, -0.2) is 9.18 Å². The first-order valence-corrected chi connectivity index (χ1v) is 8.23. The van der Waals surface area contributed by atoms with E-state index in [-0.39, 0.29) is 19.3 Å². The van der Waals surface area contributed by atoms with Gasteiger partial charge in [0.1, 0.15) is 17.9 Å². The quantitative estimate of drug-likeness (QED) is 0.601. The van der Waals surface area contributed by atoms with Crippen molar-refractivity contribution in [2.75, 3.05) is 14.2 Å². The van der Waals surface area contributed by atoms with E-state index in [4.69, 9.17) is 0 Å². The molecule has 1 aromatic rings. The largest absolute Gasteiger partial charge is 0.469 e. The van der Waals surface area contributed by atoms with E-state index < -0.39 is 41.7 Å². The summed E-state index contributed by atoms with van der Waals surface area (Å²) in [6, 6.07) is 3.48. The number of nitrogens with one attached hydrogen (secondary N) is 2. The lowest BCUT2D eigenvalue weighted by molar-refractivity contribution is -0.146. The van der Waals surface area contributed by atoms with Crippen molar-refractivity contribution in [3.05, 3.63) is 35.6 Å². The molecule has 1 rings (SSSR count). The van der Waals surface area contributed by atoms with E-state index in [1.165, 1.54) is 32.2 Å². The highest BCUT2D eigenvalue weighted by Crippen LogP contribution is 2.08. The molecular formula is C18H23FN2O6. The van der Waals surface area contributed by atoms with Crippen LogP contribution in [-0.4, -0.2) is 50.1 Å². The molecule has 0 aliphatic heterocycles. The van der Waals surface area contributed by atoms with E-state index in [1.807, 2.05) is 0 Å². The topological polar surface area (TPSA) is 111 Å². The zero-order chi connectivity index (χ0) is 20.4. The monoisotopic (exact) mass is 382 g/mol. The number of esters is 2. The van der Waals surface area contributed by atoms with Gasteiger partial charge >= 0.3 is 11.9 Å². The van der Waals surface area contributed by atoms with E-state index in [0.717, 1.165) is 7.11 Å². The third-order valence-corrected chi connectivity index (χ3v) is 3.69. The van der Waals surface area contributed by atoms with Crippen molar-refractivity contribution in [2.45, 2.75) is 38.3 Å². The summed E-state index contributed by atoms with van der Waals surface area (Å²) in [5.41, 5.74) is 0.494. The second-order valence-corrected chi connectivity index (χ2v) is 5.79. The summed E-state index contributed by atoms with van der Waals surface area (Å²) in [4.78, 5) is 47.2. The summed E-state index contributed by atoms with van der Waals surface area (Å²) in [5, 5.41) is 4.93. The summed E-state index contributed by atoms with van der Waals surface area (Å²) in [6.45, 7) is 1.24. The van der Waals surface area contributed by atoms with Crippen molar-refractivity contribution in [3.8, 4) is 0 Å². The fraction of sp³-hybridized carbons (Fsp3) is 0.444. The number of carbonyl (C=O) groups excluding carboxylic acids is 4. The van der Waals surface area contributed by atoms with Gasteiger partial charge < -0.3 is 20.1 Å². The summed E-state index contributed by atoms with van der Waals surface area (Å²) in [6.07, 6.45) is -0.114. The molecule has 0 saturated carbocycles. The maximum absolute atomic E-state index is 13.4. The van der Waals surface area contributed by atoms with Crippen molar-refractivity contribution in [2.24, 2.45) is 0 Å². The van der Waals surface area contributed by atoms with E-state index in [0.29, 0.717) is 5.56 Å². The smallest absolute Gasteiger partial charge is 0.328 e. The number of amides is 2. The molecule has 27 heavy (non-hydrogen) atoms. The van der Waals surface area contributed by atoms with Crippen LogP contribution in [0.25, 0.3) is 0 Å². The fourth-order valence-corrected chi connectivity index (χ4v) is 2.38. The van der Waals surface area contributed by atoms with Crippen LogP contribution in [0.2, 0.25) is 0 Å². The van der Waals surface area contributed by atoms with Crippen LogP contribution in [0, 0.1) is 5.82 Å². The van der Waals surface area contributed by atoms with Gasteiger partial charge in [-0.2, -0.15) is 0 Å². The lowest BCUT2D eigenvalue weighted by atomic mass is 10.0. The van der Waals surface area contributed by atoms with Gasteiger partial charge in [0.2, 0.25) is 11.8 Å². The molecule has 9 heteroatoms. The summed E-state index contributed by atoms with van der Waals surface area (Å²) < 4.78 is 22.5. The van der Waals surface area contributed by atoms with Crippen LogP contribution in [0.5, 0.6) is 0 Å². The Hall–Kier alpha value is -2.97. The van der Waals surface area contributed by atoms with Gasteiger partial charge in [0.25, 0.3) is 0 Å². The summed E-state index contributed by atoms with van der Waals surface area (Å²) >= 11 is 0. The van der Waals surface area contributed by atoms with Gasteiger partial charge in [-0.05, 0) is 24.1 Å². The molecule has 0 unspecified atom stereocenters. The van der Waals surface area contributed by atoms with Gasteiger partial charge in [-0.15, -0.1) is 0 Å². The van der Waals surface area contributed by atoms with Crippen LogP contribution in [-0.2, 0) is 35.1 Å². The lowest BCUT2D eigenvalue weighted by Crippen LogP contribution is -2.52. The Morgan fingerprint density at radius 2 is 1.78 bits per heavy atom. The van der Waals surface area contributed by atoms with Crippen LogP contribution in [0.15, 0.2) is 24.3 Å². The molecule has 0 saturated heterocycles. The molecule has 0 bridgehead atoms. The number of rotatable bonds is 9. The minimum atomic E-state index is -1.09. The molecule has 2 atom stereocenters. The number of methoxy groups -OCH3 is 2. The standard InChI is InChI=1S/C18H23FN2O6/c1-11(22)20-15(10-12-5-4-6-13(19)9-12)17(24)21-14(18(25)27-3)7-8-16(23)26-2/h4-6,9,14-15H,7-8,10H2,1-3H3,(H,20,22)(H,21,24)/t14-,15-/m1/s1. The molecule has 0 aromatic heterocycles. The molecule has 0 spiro atoms. The Morgan fingerprint density at radius 1 is 1.07 bits per heavy atom. The number of carbonyl (C=O) groups is 4. The molecule has 8 nitrogen and oxygen atoms in total. The van der Waals surface area contributed by atoms with Gasteiger partial charge in [0.05, 0.1) is 14.2 Å². The number of benzene rings is 1. The van der Waals surface area contributed by atoms with Gasteiger partial charge in [-0.3, -0.25) is 14.4 Å². The minimum absolute atomic E-state index is 0.0219. The third-order valence-electron chi connectivity index (χ3n) is 3.69. The van der Waals surface area contributed by atoms with E-state index in [1.54, 1.807) is 6.07 Å². The average Bonchev–Trinajstić information content (AvgIpc) is 2.63. The highest BCUT2D eigenvalue weighted by Gasteiger charge is 2.27. The molecule has 0 aliphatic carbocycles. The van der Waals surface area contributed by atoms with Crippen LogP contribution in [0.1, 0.15) is 25.3 Å². The highest BCUT2D eigenvalue weighted by molar-refractivity contribution is 5.90. The summed E-state index contributed by atoms with van der Waals surface area (Å²) in [5.74, 6) is -2.87. The van der Waals surface area contributed by atoms with Crippen LogP contribution in [0.3, 0.4) is 0 Å². The van der Waals surface area contributed by atoms with Crippen LogP contribution < -0.4 is 10.6 Å². The molecule has 0 heterocycles. The van der Waals surface area contributed by atoms with Crippen molar-refractivity contribution < 1.29 is 33.0 Å². The second kappa shape index (κ2) is 10.9. The minimum Gasteiger partial charge on any atom is -0.469 e. The number of ether oxygens (including phenoxy) is 2. The van der Waals surface area contributed by atoms with Gasteiger partial charge in [-0.1, -0.05) is 12.1 Å².